The van der Waals surface area contributed by atoms with Gasteiger partial charge in [-0.1, -0.05) is 19.9 Å². The van der Waals surface area contributed by atoms with E-state index >= 15 is 0 Å². The Morgan fingerprint density at radius 1 is 1.13 bits per heavy atom. The molecular formula is C13H26O2. The molecule has 0 aromatic heterocycles. The van der Waals surface area contributed by atoms with E-state index in [1.807, 2.05) is 0 Å². The molecule has 0 aliphatic heterocycles. The van der Waals surface area contributed by atoms with Crippen LogP contribution in [0.4, 0.5) is 0 Å². The maximum Gasteiger partial charge on any atom is 0.0873 e. The van der Waals surface area contributed by atoms with Crippen LogP contribution >= 0.6 is 0 Å². The molecule has 15 heavy (non-hydrogen) atoms. The highest BCUT2D eigenvalue weighted by Gasteiger charge is 2.16. The summed E-state index contributed by atoms with van der Waals surface area (Å²) in [6.45, 7) is 11.7. The molecule has 0 aromatic rings. The van der Waals surface area contributed by atoms with Gasteiger partial charge in [0.25, 0.3) is 0 Å². The smallest absolute Gasteiger partial charge is 0.0873 e. The van der Waals surface area contributed by atoms with E-state index in [0.717, 1.165) is 38.9 Å². The summed E-state index contributed by atoms with van der Waals surface area (Å²) in [6, 6.07) is 0. The van der Waals surface area contributed by atoms with E-state index in [1.165, 1.54) is 12.7 Å². The van der Waals surface area contributed by atoms with Crippen LogP contribution in [0.3, 0.4) is 0 Å². The minimum Gasteiger partial charge on any atom is -0.502 e. The first-order valence-electron chi connectivity index (χ1n) is 5.99. The summed E-state index contributed by atoms with van der Waals surface area (Å²) >= 11 is 0. The lowest BCUT2D eigenvalue weighted by atomic mass is 10.0. The predicted molar refractivity (Wildman–Crippen MR) is 64.9 cm³/mol. The highest BCUT2D eigenvalue weighted by atomic mass is 16.5. The number of ether oxygens (including phenoxy) is 2. The summed E-state index contributed by atoms with van der Waals surface area (Å²) in [5.74, 6) is 0. The summed E-state index contributed by atoms with van der Waals surface area (Å²) in [4.78, 5) is 0. The Morgan fingerprint density at radius 3 is 2.47 bits per heavy atom. The third-order valence-electron chi connectivity index (χ3n) is 2.40. The molecular weight excluding hydrogens is 188 g/mol. The van der Waals surface area contributed by atoms with Crippen molar-refractivity contribution < 1.29 is 9.47 Å². The molecule has 2 nitrogen and oxygen atoms in total. The lowest BCUT2D eigenvalue weighted by molar-refractivity contribution is -0.0266. The van der Waals surface area contributed by atoms with Crippen LogP contribution in [0.15, 0.2) is 12.8 Å². The van der Waals surface area contributed by atoms with Crippen LogP contribution in [-0.2, 0) is 9.47 Å². The van der Waals surface area contributed by atoms with Gasteiger partial charge in [-0.2, -0.15) is 0 Å². The van der Waals surface area contributed by atoms with Gasteiger partial charge in [-0.25, -0.2) is 0 Å². The second-order valence-electron chi connectivity index (χ2n) is 4.46. The Labute approximate surface area is 94.7 Å². The lowest BCUT2D eigenvalue weighted by Gasteiger charge is -2.25. The van der Waals surface area contributed by atoms with Crippen molar-refractivity contribution in [3.63, 3.8) is 0 Å². The molecule has 2 heteroatoms. The van der Waals surface area contributed by atoms with Crippen LogP contribution < -0.4 is 0 Å². The second kappa shape index (κ2) is 8.78. The van der Waals surface area contributed by atoms with Crippen LogP contribution in [0.2, 0.25) is 0 Å². The van der Waals surface area contributed by atoms with Crippen molar-refractivity contribution in [1.29, 1.82) is 0 Å². The van der Waals surface area contributed by atoms with Crippen LogP contribution in [-0.4, -0.2) is 18.8 Å². The van der Waals surface area contributed by atoms with Gasteiger partial charge in [-0.3, -0.25) is 0 Å². The number of unbranched alkanes of at least 4 members (excludes halogenated alkanes) is 2. The number of hydrogen-bond donors (Lipinski definition) is 0. The first-order chi connectivity index (χ1) is 7.12. The zero-order chi connectivity index (χ0) is 11.6. The van der Waals surface area contributed by atoms with Gasteiger partial charge in [0.15, 0.2) is 0 Å². The second-order valence-corrected chi connectivity index (χ2v) is 4.46. The molecule has 0 heterocycles. The van der Waals surface area contributed by atoms with Crippen LogP contribution in [0.5, 0.6) is 0 Å². The van der Waals surface area contributed by atoms with Gasteiger partial charge < -0.3 is 9.47 Å². The average Bonchev–Trinajstić information content (AvgIpc) is 2.17. The Hall–Kier alpha value is -0.500. The van der Waals surface area contributed by atoms with E-state index in [1.54, 1.807) is 0 Å². The molecule has 0 aliphatic rings. The summed E-state index contributed by atoms with van der Waals surface area (Å²) in [5, 5.41) is 0. The molecule has 90 valence electrons. The van der Waals surface area contributed by atoms with Crippen molar-refractivity contribution in [2.45, 2.75) is 58.5 Å². The minimum absolute atomic E-state index is 0.0172. The quantitative estimate of drug-likeness (QED) is 0.405. The van der Waals surface area contributed by atoms with Gasteiger partial charge in [0.2, 0.25) is 0 Å². The van der Waals surface area contributed by atoms with Gasteiger partial charge in [0.1, 0.15) is 0 Å². The first kappa shape index (κ1) is 14.5. The van der Waals surface area contributed by atoms with Crippen molar-refractivity contribution in [2.24, 2.45) is 0 Å². The summed E-state index contributed by atoms with van der Waals surface area (Å²) in [6.07, 6.45) is 7.17. The molecule has 0 unspecified atom stereocenters. The van der Waals surface area contributed by atoms with Crippen molar-refractivity contribution in [2.75, 3.05) is 13.2 Å². The number of hydrogen-bond acceptors (Lipinski definition) is 2. The molecule has 0 rings (SSSR count). The Morgan fingerprint density at radius 2 is 1.87 bits per heavy atom. The van der Waals surface area contributed by atoms with E-state index in [0.29, 0.717) is 0 Å². The molecule has 0 aromatic carbocycles. The van der Waals surface area contributed by atoms with Gasteiger partial charge in [0, 0.05) is 6.61 Å². The minimum atomic E-state index is 0.0172. The summed E-state index contributed by atoms with van der Waals surface area (Å²) < 4.78 is 10.9. The highest BCUT2D eigenvalue weighted by molar-refractivity contribution is 4.68. The molecule has 0 bridgehead atoms. The van der Waals surface area contributed by atoms with Crippen molar-refractivity contribution in [3.8, 4) is 0 Å². The zero-order valence-electron chi connectivity index (χ0n) is 10.6. The van der Waals surface area contributed by atoms with E-state index < -0.39 is 0 Å². The Kier molecular flexibility index (Phi) is 8.49. The molecule has 0 spiro atoms. The largest absolute Gasteiger partial charge is 0.502 e. The van der Waals surface area contributed by atoms with Crippen LogP contribution in [0.1, 0.15) is 52.9 Å². The summed E-state index contributed by atoms with van der Waals surface area (Å²) in [5.41, 5.74) is 0.0172. The summed E-state index contributed by atoms with van der Waals surface area (Å²) in [7, 11) is 0. The molecule has 0 atom stereocenters. The van der Waals surface area contributed by atoms with E-state index in [4.69, 9.17) is 9.47 Å². The zero-order valence-corrected chi connectivity index (χ0v) is 10.6. The standard InChI is InChI=1S/C13H26O2/c1-5-7-12-15-13(3,4)10-8-9-11-14-6-2/h6H,2,5,7-12H2,1,3-4H3. The normalized spacial score (nSPS) is 11.4. The van der Waals surface area contributed by atoms with Crippen LogP contribution in [0, 0.1) is 0 Å². The van der Waals surface area contributed by atoms with E-state index in [9.17, 15) is 0 Å². The van der Waals surface area contributed by atoms with Gasteiger partial charge in [-0.05, 0) is 39.5 Å². The molecule has 0 fully saturated rings. The van der Waals surface area contributed by atoms with Crippen molar-refractivity contribution in [3.05, 3.63) is 12.8 Å². The first-order valence-corrected chi connectivity index (χ1v) is 5.99. The molecule has 0 amide bonds. The SMILES string of the molecule is C=COCCCCC(C)(C)OCCCC. The van der Waals surface area contributed by atoms with Gasteiger partial charge in [-0.15, -0.1) is 0 Å². The average molecular weight is 214 g/mol. The third kappa shape index (κ3) is 9.80. The fourth-order valence-electron chi connectivity index (χ4n) is 1.38. The molecule has 0 saturated carbocycles. The topological polar surface area (TPSA) is 18.5 Å². The fraction of sp³-hybridized carbons (Fsp3) is 0.846. The van der Waals surface area contributed by atoms with Gasteiger partial charge >= 0.3 is 0 Å². The van der Waals surface area contributed by atoms with Crippen molar-refractivity contribution in [1.82, 2.24) is 0 Å². The monoisotopic (exact) mass is 214 g/mol. The molecule has 0 radical (unpaired) electrons. The van der Waals surface area contributed by atoms with Gasteiger partial charge in [0.05, 0.1) is 18.5 Å². The molecule has 0 aliphatic carbocycles. The highest BCUT2D eigenvalue weighted by Crippen LogP contribution is 2.18. The number of rotatable bonds is 10. The fourth-order valence-corrected chi connectivity index (χ4v) is 1.38. The maximum atomic E-state index is 5.82. The maximum absolute atomic E-state index is 5.82. The van der Waals surface area contributed by atoms with E-state index in [2.05, 4.69) is 27.4 Å². The Balaban J connectivity index is 3.41. The van der Waals surface area contributed by atoms with Crippen LogP contribution in [0.25, 0.3) is 0 Å². The van der Waals surface area contributed by atoms with Crippen molar-refractivity contribution >= 4 is 0 Å². The predicted octanol–water partition coefficient (Wildman–Crippen LogP) is 3.91. The van der Waals surface area contributed by atoms with E-state index in [-0.39, 0.29) is 5.60 Å². The third-order valence-corrected chi connectivity index (χ3v) is 2.40. The lowest BCUT2D eigenvalue weighted by Crippen LogP contribution is -2.24. The molecule has 0 saturated heterocycles. The Bertz CT molecular complexity index is 153. The molecule has 0 N–H and O–H groups in total.